The number of ether oxygens (including phenoxy) is 2. The van der Waals surface area contributed by atoms with Crippen LogP contribution >= 0.6 is 23.3 Å². The summed E-state index contributed by atoms with van der Waals surface area (Å²) in [4.78, 5) is 22.9. The number of carbonyl (C=O) groups excluding carboxylic acids is 2. The predicted octanol–water partition coefficient (Wildman–Crippen LogP) is 5.73. The fraction of sp³-hybridized carbons (Fsp3) is 0.250. The minimum absolute atomic E-state index is 0.153. The van der Waals surface area contributed by atoms with Crippen molar-refractivity contribution in [3.8, 4) is 10.4 Å². The van der Waals surface area contributed by atoms with Gasteiger partial charge in [0.1, 0.15) is 17.9 Å². The molecular formula is C24H28N2O4S2. The van der Waals surface area contributed by atoms with Crippen molar-refractivity contribution in [2.24, 2.45) is 0 Å². The van der Waals surface area contributed by atoms with E-state index >= 15 is 0 Å². The summed E-state index contributed by atoms with van der Waals surface area (Å²) >= 11 is 3.10. The van der Waals surface area contributed by atoms with E-state index in [2.05, 4.69) is 10.0 Å². The lowest BCUT2D eigenvalue weighted by Gasteiger charge is -2.05. The molecule has 32 heavy (non-hydrogen) atoms. The molecule has 0 saturated heterocycles. The van der Waals surface area contributed by atoms with Crippen molar-refractivity contribution in [2.45, 2.75) is 13.5 Å². The van der Waals surface area contributed by atoms with Gasteiger partial charge < -0.3 is 24.3 Å². The van der Waals surface area contributed by atoms with Crippen molar-refractivity contribution in [3.63, 3.8) is 0 Å². The zero-order valence-electron chi connectivity index (χ0n) is 18.4. The molecule has 0 aliphatic heterocycles. The fourth-order valence-electron chi connectivity index (χ4n) is 2.75. The van der Waals surface area contributed by atoms with Crippen LogP contribution in [0.5, 0.6) is 0 Å². The van der Waals surface area contributed by atoms with Crippen molar-refractivity contribution in [1.82, 2.24) is 0 Å². The number of anilines is 2. The minimum Gasteiger partial charge on any atom is -0.462 e. The zero-order chi connectivity index (χ0) is 23.2. The number of aldehydes is 1. The Balaban J connectivity index is 0.000000235. The molecule has 0 spiro atoms. The van der Waals surface area contributed by atoms with Gasteiger partial charge in [0, 0.05) is 23.9 Å². The van der Waals surface area contributed by atoms with Gasteiger partial charge in [0.15, 0.2) is 0 Å². The predicted molar refractivity (Wildman–Crippen MR) is 135 cm³/mol. The number of esters is 1. The number of hydrogen-bond acceptors (Lipinski definition) is 8. The van der Waals surface area contributed by atoms with E-state index in [1.807, 2.05) is 74.0 Å². The monoisotopic (exact) mass is 472 g/mol. The Morgan fingerprint density at radius 2 is 1.91 bits per heavy atom. The van der Waals surface area contributed by atoms with Crippen molar-refractivity contribution in [3.05, 3.63) is 71.8 Å². The molecule has 0 aliphatic carbocycles. The van der Waals surface area contributed by atoms with Gasteiger partial charge in [0.25, 0.3) is 0 Å². The summed E-state index contributed by atoms with van der Waals surface area (Å²) in [6, 6.07) is 19.8. The Morgan fingerprint density at radius 3 is 2.56 bits per heavy atom. The average molecular weight is 473 g/mol. The molecule has 0 atom stereocenters. The lowest BCUT2D eigenvalue weighted by molar-refractivity contribution is -0.112. The standard InChI is InChI=1S/C14H15NO2S.C10H13NO2S/c1-3-17-14(16)11-9-12(18-13(11)15-2)10-7-5-4-6-8-10;1-14-11-10-4-2-3-9(7-10)8-13-6-5-12/h4-9,15H,3H2,1-2H3;2-5,7,11H,6,8H2,1H3. The Hall–Kier alpha value is -2.81. The van der Waals surface area contributed by atoms with Crippen LogP contribution in [-0.2, 0) is 20.9 Å². The lowest BCUT2D eigenvalue weighted by atomic mass is 10.1. The van der Waals surface area contributed by atoms with Gasteiger partial charge in [-0.15, -0.1) is 11.3 Å². The van der Waals surface area contributed by atoms with E-state index in [-0.39, 0.29) is 12.6 Å². The summed E-state index contributed by atoms with van der Waals surface area (Å²) < 4.78 is 13.3. The molecule has 0 radical (unpaired) electrons. The third-order valence-electron chi connectivity index (χ3n) is 4.11. The molecule has 0 unspecified atom stereocenters. The molecule has 2 N–H and O–H groups in total. The second kappa shape index (κ2) is 14.3. The van der Waals surface area contributed by atoms with Gasteiger partial charge in [-0.2, -0.15) is 0 Å². The zero-order valence-corrected chi connectivity index (χ0v) is 20.1. The van der Waals surface area contributed by atoms with Crippen LogP contribution in [-0.4, -0.2) is 38.8 Å². The number of thiophene rings is 1. The highest BCUT2D eigenvalue weighted by Gasteiger charge is 2.16. The van der Waals surface area contributed by atoms with E-state index in [1.165, 1.54) is 0 Å². The molecule has 0 saturated carbocycles. The summed E-state index contributed by atoms with van der Waals surface area (Å²) in [5.74, 6) is -0.278. The van der Waals surface area contributed by atoms with Crippen LogP contribution in [0.3, 0.4) is 0 Å². The summed E-state index contributed by atoms with van der Waals surface area (Å²) in [6.07, 6.45) is 2.72. The van der Waals surface area contributed by atoms with E-state index in [9.17, 15) is 9.59 Å². The molecule has 1 heterocycles. The third-order valence-corrected chi connectivity index (χ3v) is 5.76. The molecule has 8 heteroatoms. The Kier molecular flexibility index (Phi) is 11.4. The average Bonchev–Trinajstić information content (AvgIpc) is 3.26. The van der Waals surface area contributed by atoms with Crippen LogP contribution in [0.15, 0.2) is 60.7 Å². The quantitative estimate of drug-likeness (QED) is 0.169. The minimum atomic E-state index is -0.278. The Labute approximate surface area is 197 Å². The normalized spacial score (nSPS) is 9.97. The highest BCUT2D eigenvalue weighted by Crippen LogP contribution is 2.35. The number of carbonyl (C=O) groups is 2. The van der Waals surface area contributed by atoms with Crippen LogP contribution < -0.4 is 10.0 Å². The summed E-state index contributed by atoms with van der Waals surface area (Å²) in [5, 5.41) is 3.88. The molecule has 0 aliphatic rings. The maximum absolute atomic E-state index is 11.8. The molecular weight excluding hydrogens is 444 g/mol. The highest BCUT2D eigenvalue weighted by molar-refractivity contribution is 7.99. The van der Waals surface area contributed by atoms with E-state index in [0.717, 1.165) is 33.0 Å². The molecule has 0 amide bonds. The van der Waals surface area contributed by atoms with Crippen molar-refractivity contribution >= 4 is 46.2 Å². The largest absolute Gasteiger partial charge is 0.462 e. The van der Waals surface area contributed by atoms with Crippen molar-refractivity contribution in [1.29, 1.82) is 0 Å². The first-order valence-electron chi connectivity index (χ1n) is 10.1. The fourth-order valence-corrected chi connectivity index (χ4v) is 4.12. The summed E-state index contributed by atoms with van der Waals surface area (Å²) in [6.45, 7) is 2.82. The SMILES string of the molecule is CCOC(=O)c1cc(-c2ccccc2)sc1NC.CSNc1cccc(COCC=O)c1. The van der Waals surface area contributed by atoms with Gasteiger partial charge in [0.2, 0.25) is 0 Å². The topological polar surface area (TPSA) is 76.7 Å². The molecule has 6 nitrogen and oxygen atoms in total. The Bertz CT molecular complexity index is 977. The van der Waals surface area contributed by atoms with E-state index in [4.69, 9.17) is 9.47 Å². The summed E-state index contributed by atoms with van der Waals surface area (Å²) in [5.41, 5.74) is 3.81. The maximum Gasteiger partial charge on any atom is 0.341 e. The first-order valence-corrected chi connectivity index (χ1v) is 12.1. The van der Waals surface area contributed by atoms with Crippen LogP contribution in [0, 0.1) is 0 Å². The van der Waals surface area contributed by atoms with Gasteiger partial charge >= 0.3 is 5.97 Å². The molecule has 170 valence electrons. The molecule has 0 fully saturated rings. The molecule has 1 aromatic heterocycles. The first kappa shape index (κ1) is 25.5. The van der Waals surface area contributed by atoms with Crippen molar-refractivity contribution < 1.29 is 19.1 Å². The lowest BCUT2D eigenvalue weighted by Crippen LogP contribution is -2.05. The van der Waals surface area contributed by atoms with E-state index < -0.39 is 0 Å². The molecule has 2 aromatic carbocycles. The van der Waals surface area contributed by atoms with Gasteiger partial charge in [-0.3, -0.25) is 0 Å². The van der Waals surface area contributed by atoms with Gasteiger partial charge in [-0.05, 0) is 36.2 Å². The van der Waals surface area contributed by atoms with Crippen molar-refractivity contribution in [2.75, 3.05) is 36.6 Å². The van der Waals surface area contributed by atoms with E-state index in [1.54, 1.807) is 30.2 Å². The summed E-state index contributed by atoms with van der Waals surface area (Å²) in [7, 11) is 1.81. The van der Waals surface area contributed by atoms with Crippen LogP contribution in [0.4, 0.5) is 10.7 Å². The Morgan fingerprint density at radius 1 is 1.12 bits per heavy atom. The first-order chi connectivity index (χ1) is 15.6. The van der Waals surface area contributed by atoms with Gasteiger partial charge in [-0.1, -0.05) is 54.4 Å². The number of hydrogen-bond donors (Lipinski definition) is 2. The van der Waals surface area contributed by atoms with Gasteiger partial charge in [0.05, 0.1) is 18.8 Å². The number of nitrogens with one attached hydrogen (secondary N) is 2. The second-order valence-electron chi connectivity index (χ2n) is 6.38. The highest BCUT2D eigenvalue weighted by atomic mass is 32.2. The van der Waals surface area contributed by atoms with E-state index in [0.29, 0.717) is 18.8 Å². The van der Waals surface area contributed by atoms with Crippen LogP contribution in [0.25, 0.3) is 10.4 Å². The van der Waals surface area contributed by atoms with Crippen LogP contribution in [0.2, 0.25) is 0 Å². The molecule has 0 bridgehead atoms. The molecule has 3 aromatic rings. The smallest absolute Gasteiger partial charge is 0.341 e. The maximum atomic E-state index is 11.8. The number of rotatable bonds is 10. The van der Waals surface area contributed by atoms with Gasteiger partial charge in [-0.25, -0.2) is 4.79 Å². The second-order valence-corrected chi connectivity index (χ2v) is 8.04. The molecule has 3 rings (SSSR count). The van der Waals surface area contributed by atoms with Crippen LogP contribution in [0.1, 0.15) is 22.8 Å². The number of benzene rings is 2. The third kappa shape index (κ3) is 8.03.